The Kier molecular flexibility index (Phi) is 2.76. The van der Waals surface area contributed by atoms with Crippen molar-refractivity contribution in [3.63, 3.8) is 0 Å². The summed E-state index contributed by atoms with van der Waals surface area (Å²) >= 11 is 0. The minimum absolute atomic E-state index is 0.232. The summed E-state index contributed by atoms with van der Waals surface area (Å²) in [6.07, 6.45) is 3.32. The number of aromatic nitrogens is 2. The van der Waals surface area contributed by atoms with E-state index in [1.54, 1.807) is 18.6 Å². The number of fused-ring (bicyclic) bond motifs is 1. The number of nitrogens with zero attached hydrogens (tertiary/aromatic N) is 2. The first-order chi connectivity index (χ1) is 9.22. The van der Waals surface area contributed by atoms with E-state index in [2.05, 4.69) is 15.0 Å². The highest BCUT2D eigenvalue weighted by molar-refractivity contribution is 5.87. The molecule has 0 radical (unpaired) electrons. The van der Waals surface area contributed by atoms with Gasteiger partial charge >= 0.3 is 0 Å². The van der Waals surface area contributed by atoms with Gasteiger partial charge in [-0.1, -0.05) is 11.6 Å². The van der Waals surface area contributed by atoms with Gasteiger partial charge in [-0.2, -0.15) is 0 Å². The summed E-state index contributed by atoms with van der Waals surface area (Å²) < 4.78 is 0. The molecule has 1 aromatic heterocycles. The number of aryl methyl sites for hydroxylation is 1. The van der Waals surface area contributed by atoms with Crippen molar-refractivity contribution in [2.75, 3.05) is 0 Å². The van der Waals surface area contributed by atoms with Gasteiger partial charge in [0.1, 0.15) is 5.75 Å². The SMILES string of the molecule is Cc1ccc(O)c(/C=N/c2ccc3[nH]cnc3c2)c1. The molecule has 19 heavy (non-hydrogen) atoms. The molecule has 0 aliphatic rings. The van der Waals surface area contributed by atoms with Gasteiger partial charge in [0.15, 0.2) is 0 Å². The van der Waals surface area contributed by atoms with Crippen molar-refractivity contribution in [2.45, 2.75) is 6.92 Å². The van der Waals surface area contributed by atoms with Crippen molar-refractivity contribution in [3.05, 3.63) is 53.9 Å². The summed E-state index contributed by atoms with van der Waals surface area (Å²) in [5.74, 6) is 0.232. The lowest BCUT2D eigenvalue weighted by Gasteiger charge is -2.00. The number of phenols is 1. The van der Waals surface area contributed by atoms with Crippen LogP contribution in [-0.2, 0) is 0 Å². The van der Waals surface area contributed by atoms with Crippen molar-refractivity contribution in [3.8, 4) is 5.75 Å². The fourth-order valence-corrected chi connectivity index (χ4v) is 1.92. The monoisotopic (exact) mass is 251 g/mol. The third-order valence-corrected chi connectivity index (χ3v) is 2.94. The van der Waals surface area contributed by atoms with Crippen LogP contribution in [0.5, 0.6) is 5.75 Å². The molecule has 0 aliphatic heterocycles. The Balaban J connectivity index is 1.95. The van der Waals surface area contributed by atoms with Gasteiger partial charge < -0.3 is 10.1 Å². The van der Waals surface area contributed by atoms with Gasteiger partial charge in [0, 0.05) is 11.8 Å². The van der Waals surface area contributed by atoms with Crippen LogP contribution in [-0.4, -0.2) is 21.3 Å². The van der Waals surface area contributed by atoms with E-state index < -0.39 is 0 Å². The standard InChI is InChI=1S/C15H13N3O/c1-10-2-5-15(19)11(6-10)8-16-12-3-4-13-14(7-12)18-9-17-13/h2-9,19H,1H3,(H,17,18)/b16-8+. The Bertz CT molecular complexity index is 759. The second kappa shape index (κ2) is 4.57. The molecule has 0 amide bonds. The smallest absolute Gasteiger partial charge is 0.124 e. The number of hydrogen-bond acceptors (Lipinski definition) is 3. The number of nitrogens with one attached hydrogen (secondary N) is 1. The quantitative estimate of drug-likeness (QED) is 0.686. The summed E-state index contributed by atoms with van der Waals surface area (Å²) in [6.45, 7) is 1.98. The van der Waals surface area contributed by atoms with Crippen molar-refractivity contribution in [1.29, 1.82) is 0 Å². The van der Waals surface area contributed by atoms with Crippen LogP contribution in [0.15, 0.2) is 47.7 Å². The molecule has 3 aromatic rings. The zero-order valence-corrected chi connectivity index (χ0v) is 10.5. The number of imidazole rings is 1. The molecule has 0 fully saturated rings. The van der Waals surface area contributed by atoms with Crippen LogP contribution in [0.25, 0.3) is 11.0 Å². The van der Waals surface area contributed by atoms with Gasteiger partial charge in [-0.3, -0.25) is 4.99 Å². The topological polar surface area (TPSA) is 61.3 Å². The molecule has 2 aromatic carbocycles. The number of aliphatic imine (C=N–C) groups is 1. The van der Waals surface area contributed by atoms with E-state index in [9.17, 15) is 5.11 Å². The van der Waals surface area contributed by atoms with Crippen LogP contribution in [0.1, 0.15) is 11.1 Å². The molecule has 2 N–H and O–H groups in total. The number of phenolic OH excluding ortho intramolecular Hbond substituents is 1. The molecular formula is C15H13N3O. The van der Waals surface area contributed by atoms with E-state index in [-0.39, 0.29) is 5.75 Å². The van der Waals surface area contributed by atoms with E-state index in [1.807, 2.05) is 37.3 Å². The highest BCUT2D eigenvalue weighted by atomic mass is 16.3. The number of benzene rings is 2. The number of rotatable bonds is 2. The van der Waals surface area contributed by atoms with E-state index >= 15 is 0 Å². The average Bonchev–Trinajstić information content (AvgIpc) is 2.87. The average molecular weight is 251 g/mol. The molecule has 0 saturated carbocycles. The maximum Gasteiger partial charge on any atom is 0.124 e. The Labute approximate surface area is 110 Å². The first kappa shape index (κ1) is 11.5. The molecule has 3 rings (SSSR count). The molecule has 0 bridgehead atoms. The molecule has 4 heteroatoms. The highest BCUT2D eigenvalue weighted by Crippen LogP contribution is 2.20. The van der Waals surface area contributed by atoms with Crippen molar-refractivity contribution < 1.29 is 5.11 Å². The molecule has 0 atom stereocenters. The fourth-order valence-electron chi connectivity index (χ4n) is 1.92. The van der Waals surface area contributed by atoms with E-state index in [0.29, 0.717) is 5.56 Å². The molecular weight excluding hydrogens is 238 g/mol. The molecule has 0 unspecified atom stereocenters. The molecule has 94 valence electrons. The van der Waals surface area contributed by atoms with E-state index in [1.165, 1.54) is 0 Å². The Morgan fingerprint density at radius 2 is 2.11 bits per heavy atom. The lowest BCUT2D eigenvalue weighted by atomic mass is 10.1. The highest BCUT2D eigenvalue weighted by Gasteiger charge is 1.99. The summed E-state index contributed by atoms with van der Waals surface area (Å²) in [7, 11) is 0. The van der Waals surface area contributed by atoms with Crippen LogP contribution < -0.4 is 0 Å². The minimum atomic E-state index is 0.232. The normalized spacial score (nSPS) is 11.4. The third kappa shape index (κ3) is 2.33. The molecule has 0 saturated heterocycles. The number of H-pyrrole nitrogens is 1. The summed E-state index contributed by atoms with van der Waals surface area (Å²) in [6, 6.07) is 11.2. The predicted octanol–water partition coefficient (Wildman–Crippen LogP) is 3.33. The Morgan fingerprint density at radius 3 is 3.00 bits per heavy atom. The van der Waals surface area contributed by atoms with Crippen LogP contribution in [0.2, 0.25) is 0 Å². The van der Waals surface area contributed by atoms with Gasteiger partial charge in [-0.25, -0.2) is 4.98 Å². The van der Waals surface area contributed by atoms with Crippen molar-refractivity contribution >= 4 is 22.9 Å². The van der Waals surface area contributed by atoms with Gasteiger partial charge in [0.2, 0.25) is 0 Å². The van der Waals surface area contributed by atoms with Gasteiger partial charge in [0.05, 0.1) is 23.0 Å². The summed E-state index contributed by atoms with van der Waals surface area (Å²) in [5.41, 5.74) is 4.46. The Morgan fingerprint density at radius 1 is 1.21 bits per heavy atom. The molecule has 4 nitrogen and oxygen atoms in total. The van der Waals surface area contributed by atoms with Gasteiger partial charge in [-0.15, -0.1) is 0 Å². The molecule has 0 spiro atoms. The summed E-state index contributed by atoms with van der Waals surface area (Å²) in [5, 5.41) is 9.74. The van der Waals surface area contributed by atoms with Crippen molar-refractivity contribution in [1.82, 2.24) is 9.97 Å². The van der Waals surface area contributed by atoms with Crippen LogP contribution in [0.3, 0.4) is 0 Å². The van der Waals surface area contributed by atoms with Gasteiger partial charge in [-0.05, 0) is 37.3 Å². The fraction of sp³-hybridized carbons (Fsp3) is 0.0667. The second-order valence-corrected chi connectivity index (χ2v) is 4.42. The predicted molar refractivity (Wildman–Crippen MR) is 76.2 cm³/mol. The first-order valence-corrected chi connectivity index (χ1v) is 5.99. The zero-order chi connectivity index (χ0) is 13.2. The minimum Gasteiger partial charge on any atom is -0.507 e. The first-order valence-electron chi connectivity index (χ1n) is 5.99. The third-order valence-electron chi connectivity index (χ3n) is 2.94. The molecule has 0 aliphatic carbocycles. The maximum absolute atomic E-state index is 9.74. The number of aromatic hydroxyl groups is 1. The van der Waals surface area contributed by atoms with Gasteiger partial charge in [0.25, 0.3) is 0 Å². The van der Waals surface area contributed by atoms with Crippen LogP contribution in [0.4, 0.5) is 5.69 Å². The maximum atomic E-state index is 9.74. The number of aromatic amines is 1. The zero-order valence-electron chi connectivity index (χ0n) is 10.5. The molecule has 1 heterocycles. The largest absolute Gasteiger partial charge is 0.507 e. The van der Waals surface area contributed by atoms with E-state index in [4.69, 9.17) is 0 Å². The van der Waals surface area contributed by atoms with Crippen LogP contribution >= 0.6 is 0 Å². The Hall–Kier alpha value is -2.62. The lowest BCUT2D eigenvalue weighted by Crippen LogP contribution is -1.83. The van der Waals surface area contributed by atoms with Crippen LogP contribution in [0, 0.1) is 6.92 Å². The second-order valence-electron chi connectivity index (χ2n) is 4.42. The summed E-state index contributed by atoms with van der Waals surface area (Å²) in [4.78, 5) is 11.6. The van der Waals surface area contributed by atoms with Crippen molar-refractivity contribution in [2.24, 2.45) is 4.99 Å². The number of hydrogen-bond donors (Lipinski definition) is 2. The van der Waals surface area contributed by atoms with E-state index in [0.717, 1.165) is 22.3 Å². The lowest BCUT2D eigenvalue weighted by molar-refractivity contribution is 0.474.